The van der Waals surface area contributed by atoms with Gasteiger partial charge in [-0.25, -0.2) is 8.42 Å². The summed E-state index contributed by atoms with van der Waals surface area (Å²) < 4.78 is 41.7. The van der Waals surface area contributed by atoms with E-state index in [4.69, 9.17) is 9.47 Å². The number of aromatic nitrogens is 1. The highest BCUT2D eigenvalue weighted by Crippen LogP contribution is 2.64. The molecular weight excluding hydrogens is 512 g/mol. The number of methoxy groups -OCH3 is 1. The molecule has 3 aliphatic carbocycles. The topological polar surface area (TPSA) is 85.8 Å². The quantitative estimate of drug-likeness (QED) is 0.339. The Morgan fingerprint density at radius 2 is 1.77 bits per heavy atom. The fourth-order valence-electron chi connectivity index (χ4n) is 7.09. The molecule has 1 heterocycles. The van der Waals surface area contributed by atoms with Gasteiger partial charge in [-0.3, -0.25) is 9.78 Å². The maximum Gasteiger partial charge on any atom is 0.215 e. The molecule has 2 aromatic rings. The van der Waals surface area contributed by atoms with Gasteiger partial charge >= 0.3 is 0 Å². The minimum absolute atomic E-state index is 0.104. The van der Waals surface area contributed by atoms with Crippen LogP contribution in [-0.2, 0) is 27.9 Å². The molecule has 7 nitrogen and oxygen atoms in total. The number of hydrogen-bond donors (Lipinski definition) is 0. The van der Waals surface area contributed by atoms with Crippen molar-refractivity contribution in [1.29, 1.82) is 0 Å². The zero-order valence-corrected chi connectivity index (χ0v) is 24.3. The van der Waals surface area contributed by atoms with E-state index < -0.39 is 15.4 Å². The first-order valence-electron chi connectivity index (χ1n) is 14.4. The number of fused-ring (bicyclic) bond motifs is 2. The van der Waals surface area contributed by atoms with Gasteiger partial charge in [0, 0.05) is 24.6 Å². The highest BCUT2D eigenvalue weighted by molar-refractivity contribution is 7.89. The smallest absolute Gasteiger partial charge is 0.215 e. The van der Waals surface area contributed by atoms with Crippen molar-refractivity contribution in [2.24, 2.45) is 16.7 Å². The number of hydrogen-bond acceptors (Lipinski definition) is 6. The van der Waals surface area contributed by atoms with Crippen LogP contribution in [0, 0.1) is 16.7 Å². The summed E-state index contributed by atoms with van der Waals surface area (Å²) in [6.45, 7) is 4.45. The van der Waals surface area contributed by atoms with Crippen LogP contribution in [0.5, 0.6) is 11.5 Å². The van der Waals surface area contributed by atoms with Crippen molar-refractivity contribution in [3.63, 3.8) is 0 Å². The lowest BCUT2D eigenvalue weighted by molar-refractivity contribution is -0.128. The maximum atomic E-state index is 14.1. The lowest BCUT2D eigenvalue weighted by Crippen LogP contribution is -2.46. The van der Waals surface area contributed by atoms with Gasteiger partial charge in [-0.05, 0) is 79.7 Å². The number of rotatable bonds is 10. The van der Waals surface area contributed by atoms with Crippen LogP contribution in [-0.4, -0.2) is 42.5 Å². The summed E-state index contributed by atoms with van der Waals surface area (Å²) in [5, 5.41) is 0. The summed E-state index contributed by atoms with van der Waals surface area (Å²) in [5.74, 6) is 1.51. The van der Waals surface area contributed by atoms with Gasteiger partial charge in [-0.15, -0.1) is 0 Å². The average molecular weight is 555 g/mol. The molecule has 0 aliphatic heterocycles. The highest BCUT2D eigenvalue weighted by atomic mass is 32.2. The van der Waals surface area contributed by atoms with Gasteiger partial charge in [0.2, 0.25) is 10.0 Å². The van der Waals surface area contributed by atoms with Crippen LogP contribution in [0.4, 0.5) is 0 Å². The van der Waals surface area contributed by atoms with E-state index in [0.29, 0.717) is 30.0 Å². The Morgan fingerprint density at radius 3 is 2.38 bits per heavy atom. The third-order valence-electron chi connectivity index (χ3n) is 9.71. The van der Waals surface area contributed by atoms with Crippen LogP contribution >= 0.6 is 0 Å². The highest BCUT2D eigenvalue weighted by Gasteiger charge is 2.65. The number of nitrogens with zero attached hydrogens (tertiary/aromatic N) is 2. The Kier molecular flexibility index (Phi) is 8.07. The van der Waals surface area contributed by atoms with E-state index in [0.717, 1.165) is 24.8 Å². The Labute approximate surface area is 233 Å². The standard InChI is InChI=1S/C31H42N2O5S/c1-30(2)24-15-16-31(30,29(34)19-24)22-39(35,36)33(21-25-10-8-9-17-32-25)20-23-13-14-27(28(18-23)37-3)38-26-11-6-4-5-7-12-26/h8-10,13-14,17-18,24,26H,4-7,11-12,15-16,19-22H2,1-3H3/t24-,31-/m1/s1. The molecule has 3 fully saturated rings. The second-order valence-electron chi connectivity index (χ2n) is 12.2. The predicted octanol–water partition coefficient (Wildman–Crippen LogP) is 5.92. The maximum absolute atomic E-state index is 14.1. The molecule has 2 atom stereocenters. The van der Waals surface area contributed by atoms with Gasteiger partial charge in [0.15, 0.2) is 11.5 Å². The number of sulfonamides is 1. The molecule has 1 aromatic heterocycles. The van der Waals surface area contributed by atoms with Gasteiger partial charge < -0.3 is 9.47 Å². The number of ether oxygens (including phenoxy) is 2. The first-order valence-corrected chi connectivity index (χ1v) is 16.0. The number of carbonyl (C=O) groups excluding carboxylic acids is 1. The number of pyridine rings is 1. The Morgan fingerprint density at radius 1 is 1.00 bits per heavy atom. The normalized spacial score (nSPS) is 25.1. The van der Waals surface area contributed by atoms with E-state index >= 15 is 0 Å². The second-order valence-corrected chi connectivity index (χ2v) is 14.2. The van der Waals surface area contributed by atoms with Gasteiger partial charge in [0.05, 0.1) is 31.2 Å². The lowest BCUT2D eigenvalue weighted by Gasteiger charge is -2.37. The zero-order chi connectivity index (χ0) is 27.7. The molecule has 5 rings (SSSR count). The van der Waals surface area contributed by atoms with E-state index in [1.807, 2.05) is 36.4 Å². The molecule has 0 saturated heterocycles. The zero-order valence-electron chi connectivity index (χ0n) is 23.5. The molecule has 1 aromatic carbocycles. The molecule has 0 spiro atoms. The summed E-state index contributed by atoms with van der Waals surface area (Å²) in [4.78, 5) is 17.6. The SMILES string of the molecule is COc1cc(CN(Cc2ccccn2)S(=O)(=O)C[C@]23CC[C@H](CC2=O)C3(C)C)ccc1OC1CCCCCC1. The van der Waals surface area contributed by atoms with Gasteiger partial charge in [0.25, 0.3) is 0 Å². The van der Waals surface area contributed by atoms with E-state index in [9.17, 15) is 13.2 Å². The third kappa shape index (κ3) is 5.60. The molecule has 2 bridgehead atoms. The summed E-state index contributed by atoms with van der Waals surface area (Å²) in [7, 11) is -2.19. The number of Topliss-reactive ketones (excluding diaryl/α,β-unsaturated/α-hetero) is 1. The molecule has 0 N–H and O–H groups in total. The molecule has 0 radical (unpaired) electrons. The van der Waals surface area contributed by atoms with Crippen LogP contribution in [0.2, 0.25) is 0 Å². The summed E-state index contributed by atoms with van der Waals surface area (Å²) in [6.07, 6.45) is 10.8. The van der Waals surface area contributed by atoms with Crippen LogP contribution < -0.4 is 9.47 Å². The lowest BCUT2D eigenvalue weighted by atomic mass is 9.70. The van der Waals surface area contributed by atoms with Gasteiger partial charge in [0.1, 0.15) is 5.78 Å². The average Bonchev–Trinajstić information content (AvgIpc) is 3.12. The number of benzene rings is 1. The molecule has 8 heteroatoms. The van der Waals surface area contributed by atoms with Crippen molar-refractivity contribution in [1.82, 2.24) is 9.29 Å². The van der Waals surface area contributed by atoms with Gasteiger partial charge in [-0.2, -0.15) is 4.31 Å². The van der Waals surface area contributed by atoms with Crippen LogP contribution in [0.3, 0.4) is 0 Å². The predicted molar refractivity (Wildman–Crippen MR) is 151 cm³/mol. The van der Waals surface area contributed by atoms with E-state index in [-0.39, 0.29) is 42.1 Å². The fraction of sp³-hybridized carbons (Fsp3) is 0.613. The Bertz CT molecular complexity index is 1270. The largest absolute Gasteiger partial charge is 0.493 e. The van der Waals surface area contributed by atoms with Crippen molar-refractivity contribution in [3.05, 3.63) is 53.9 Å². The van der Waals surface area contributed by atoms with Crippen molar-refractivity contribution < 1.29 is 22.7 Å². The van der Waals surface area contributed by atoms with Crippen LogP contribution in [0.15, 0.2) is 42.6 Å². The van der Waals surface area contributed by atoms with Crippen LogP contribution in [0.25, 0.3) is 0 Å². The summed E-state index contributed by atoms with van der Waals surface area (Å²) in [6, 6.07) is 11.2. The molecule has 0 unspecified atom stereocenters. The molecular formula is C31H42N2O5S. The number of ketones is 1. The first-order chi connectivity index (χ1) is 18.6. The fourth-order valence-corrected chi connectivity index (χ4v) is 9.24. The molecule has 3 saturated carbocycles. The van der Waals surface area contributed by atoms with Crippen molar-refractivity contribution in [3.8, 4) is 11.5 Å². The third-order valence-corrected chi connectivity index (χ3v) is 11.6. The Balaban J connectivity index is 1.41. The van der Waals surface area contributed by atoms with Gasteiger partial charge in [-0.1, -0.05) is 38.8 Å². The monoisotopic (exact) mass is 554 g/mol. The molecule has 3 aliphatic rings. The molecule has 0 amide bonds. The van der Waals surface area contributed by atoms with Crippen LogP contribution in [0.1, 0.15) is 82.9 Å². The van der Waals surface area contributed by atoms with Crippen molar-refractivity contribution in [2.75, 3.05) is 12.9 Å². The van der Waals surface area contributed by atoms with E-state index in [2.05, 4.69) is 18.8 Å². The second kappa shape index (κ2) is 11.2. The van der Waals surface area contributed by atoms with E-state index in [1.165, 1.54) is 30.0 Å². The Hall–Kier alpha value is -2.45. The van der Waals surface area contributed by atoms with Crippen molar-refractivity contribution in [2.45, 2.75) is 90.8 Å². The first kappa shape index (κ1) is 28.1. The van der Waals surface area contributed by atoms with E-state index in [1.54, 1.807) is 13.3 Å². The summed E-state index contributed by atoms with van der Waals surface area (Å²) >= 11 is 0. The van der Waals surface area contributed by atoms with Crippen molar-refractivity contribution >= 4 is 15.8 Å². The minimum atomic E-state index is -3.81. The molecule has 212 valence electrons. The number of carbonyl (C=O) groups is 1. The minimum Gasteiger partial charge on any atom is -0.493 e. The summed E-state index contributed by atoms with van der Waals surface area (Å²) in [5.41, 5.74) is 0.319. The molecule has 39 heavy (non-hydrogen) atoms.